The van der Waals surface area contributed by atoms with Crippen molar-refractivity contribution in [1.29, 1.82) is 0 Å². The number of hydrogen-bond donors (Lipinski definition) is 1. The summed E-state index contributed by atoms with van der Waals surface area (Å²) in [6, 6.07) is 3.01. The van der Waals surface area contributed by atoms with Crippen LogP contribution in [-0.2, 0) is 9.59 Å². The van der Waals surface area contributed by atoms with Crippen LogP contribution >= 0.6 is 11.8 Å². The van der Waals surface area contributed by atoms with Gasteiger partial charge in [0.15, 0.2) is 0 Å². The number of pyridine rings is 1. The zero-order chi connectivity index (χ0) is 15.0. The third-order valence-corrected chi connectivity index (χ3v) is 5.47. The summed E-state index contributed by atoms with van der Waals surface area (Å²) in [6.07, 6.45) is 2.88. The van der Waals surface area contributed by atoms with E-state index in [1.807, 2.05) is 6.92 Å². The molecule has 3 rings (SSSR count). The molecular formula is C14H17N3O3S. The lowest BCUT2D eigenvalue weighted by molar-refractivity contribution is -0.135. The second-order valence-electron chi connectivity index (χ2n) is 5.34. The second kappa shape index (κ2) is 5.22. The van der Waals surface area contributed by atoms with Gasteiger partial charge in [0, 0.05) is 18.2 Å². The van der Waals surface area contributed by atoms with Gasteiger partial charge in [-0.25, -0.2) is 4.98 Å². The first kappa shape index (κ1) is 14.2. The molecule has 0 saturated carbocycles. The predicted octanol–water partition coefficient (Wildman–Crippen LogP) is 1.48. The van der Waals surface area contributed by atoms with Crippen LogP contribution in [0.3, 0.4) is 0 Å². The van der Waals surface area contributed by atoms with E-state index >= 15 is 0 Å². The smallest absolute Gasteiger partial charge is 0.248 e. The summed E-state index contributed by atoms with van der Waals surface area (Å²) in [4.78, 5) is 30.0. The standard InChI is InChI=1S/C14H17N3O3S/c1-14-6-5-12(18)17(14)10(8-21-14)13(19)16-9-3-4-11(20-2)15-7-9/h3-4,7,10H,5-6,8H2,1-2H3,(H,16,19)/t10-,14+/m1/s1. The molecule has 0 aromatic carbocycles. The summed E-state index contributed by atoms with van der Waals surface area (Å²) in [6.45, 7) is 2.03. The van der Waals surface area contributed by atoms with Crippen LogP contribution in [-0.4, -0.2) is 45.5 Å². The molecule has 112 valence electrons. The first-order chi connectivity index (χ1) is 10.0. The Hall–Kier alpha value is -1.76. The number of methoxy groups -OCH3 is 1. The Morgan fingerprint density at radius 1 is 1.57 bits per heavy atom. The number of carbonyl (C=O) groups is 2. The molecule has 2 aliphatic rings. The SMILES string of the molecule is COc1ccc(NC(=O)[C@H]2CS[C@@]3(C)CCC(=O)N23)cn1. The molecule has 2 fully saturated rings. The van der Waals surface area contributed by atoms with Gasteiger partial charge in [-0.05, 0) is 19.4 Å². The lowest BCUT2D eigenvalue weighted by Crippen LogP contribution is -2.48. The van der Waals surface area contributed by atoms with Crippen LogP contribution in [0.5, 0.6) is 5.88 Å². The van der Waals surface area contributed by atoms with Crippen molar-refractivity contribution in [2.24, 2.45) is 0 Å². The van der Waals surface area contributed by atoms with Crippen LogP contribution in [0.15, 0.2) is 18.3 Å². The third-order valence-electron chi connectivity index (χ3n) is 3.96. The van der Waals surface area contributed by atoms with E-state index in [1.54, 1.807) is 35.0 Å². The minimum Gasteiger partial charge on any atom is -0.481 e. The normalized spacial score (nSPS) is 27.6. The topological polar surface area (TPSA) is 71.5 Å². The molecular weight excluding hydrogens is 290 g/mol. The molecule has 2 aliphatic heterocycles. The Kier molecular flexibility index (Phi) is 3.52. The molecule has 0 radical (unpaired) electrons. The number of amides is 2. The Morgan fingerprint density at radius 3 is 3.05 bits per heavy atom. The molecule has 3 heterocycles. The maximum Gasteiger partial charge on any atom is 0.248 e. The zero-order valence-electron chi connectivity index (χ0n) is 12.0. The molecule has 1 N–H and O–H groups in total. The largest absolute Gasteiger partial charge is 0.481 e. The number of rotatable bonds is 3. The van der Waals surface area contributed by atoms with E-state index in [-0.39, 0.29) is 16.7 Å². The highest BCUT2D eigenvalue weighted by Crippen LogP contribution is 2.47. The predicted molar refractivity (Wildman–Crippen MR) is 80.1 cm³/mol. The first-order valence-corrected chi connectivity index (χ1v) is 7.79. The molecule has 0 unspecified atom stereocenters. The summed E-state index contributed by atoms with van der Waals surface area (Å²) in [5, 5.41) is 2.82. The molecule has 0 bridgehead atoms. The summed E-state index contributed by atoms with van der Waals surface area (Å²) in [5.41, 5.74) is 0.603. The Labute approximate surface area is 127 Å². The van der Waals surface area contributed by atoms with Crippen molar-refractivity contribution in [3.8, 4) is 5.88 Å². The Balaban J connectivity index is 1.72. The number of thioether (sulfide) groups is 1. The first-order valence-electron chi connectivity index (χ1n) is 6.80. The molecule has 0 spiro atoms. The number of nitrogens with zero attached hydrogens (tertiary/aromatic N) is 2. The number of aromatic nitrogens is 1. The molecule has 0 aliphatic carbocycles. The van der Waals surface area contributed by atoms with E-state index < -0.39 is 6.04 Å². The van der Waals surface area contributed by atoms with E-state index in [0.29, 0.717) is 23.7 Å². The highest BCUT2D eigenvalue weighted by atomic mass is 32.2. The van der Waals surface area contributed by atoms with Gasteiger partial charge < -0.3 is 15.0 Å². The summed E-state index contributed by atoms with van der Waals surface area (Å²) in [5.74, 6) is 1.04. The van der Waals surface area contributed by atoms with E-state index in [2.05, 4.69) is 10.3 Å². The van der Waals surface area contributed by atoms with Crippen LogP contribution in [0.4, 0.5) is 5.69 Å². The summed E-state index contributed by atoms with van der Waals surface area (Å²) in [7, 11) is 1.54. The van der Waals surface area contributed by atoms with Crippen molar-refractivity contribution in [3.05, 3.63) is 18.3 Å². The van der Waals surface area contributed by atoms with Gasteiger partial charge in [-0.3, -0.25) is 9.59 Å². The number of carbonyl (C=O) groups excluding carboxylic acids is 2. The van der Waals surface area contributed by atoms with Crippen LogP contribution in [0.25, 0.3) is 0 Å². The van der Waals surface area contributed by atoms with Gasteiger partial charge in [0.05, 0.1) is 23.9 Å². The zero-order valence-corrected chi connectivity index (χ0v) is 12.8. The van der Waals surface area contributed by atoms with Crippen LogP contribution < -0.4 is 10.1 Å². The van der Waals surface area contributed by atoms with Crippen molar-refractivity contribution in [2.75, 3.05) is 18.2 Å². The fourth-order valence-electron chi connectivity index (χ4n) is 2.82. The molecule has 2 atom stereocenters. The Morgan fingerprint density at radius 2 is 2.38 bits per heavy atom. The van der Waals surface area contributed by atoms with Gasteiger partial charge in [0.25, 0.3) is 0 Å². The molecule has 7 heteroatoms. The number of nitrogens with one attached hydrogen (secondary N) is 1. The molecule has 6 nitrogen and oxygen atoms in total. The van der Waals surface area contributed by atoms with E-state index in [9.17, 15) is 9.59 Å². The second-order valence-corrected chi connectivity index (χ2v) is 6.85. The monoisotopic (exact) mass is 307 g/mol. The van der Waals surface area contributed by atoms with Gasteiger partial charge in [-0.15, -0.1) is 11.8 Å². The highest BCUT2D eigenvalue weighted by Gasteiger charge is 2.52. The number of hydrogen-bond acceptors (Lipinski definition) is 5. The van der Waals surface area contributed by atoms with Crippen molar-refractivity contribution in [2.45, 2.75) is 30.7 Å². The van der Waals surface area contributed by atoms with Gasteiger partial charge in [-0.1, -0.05) is 0 Å². The third kappa shape index (κ3) is 2.46. The fourth-order valence-corrected chi connectivity index (χ4v) is 4.25. The number of ether oxygens (including phenoxy) is 1. The van der Waals surface area contributed by atoms with E-state index in [4.69, 9.17) is 4.74 Å². The summed E-state index contributed by atoms with van der Waals surface area (Å²) >= 11 is 1.68. The van der Waals surface area contributed by atoms with E-state index in [0.717, 1.165) is 6.42 Å². The Bertz CT molecular complexity index is 577. The molecule has 2 saturated heterocycles. The van der Waals surface area contributed by atoms with Gasteiger partial charge >= 0.3 is 0 Å². The number of anilines is 1. The van der Waals surface area contributed by atoms with Crippen LogP contribution in [0.1, 0.15) is 19.8 Å². The fraction of sp³-hybridized carbons (Fsp3) is 0.500. The maximum absolute atomic E-state index is 12.4. The molecule has 21 heavy (non-hydrogen) atoms. The van der Waals surface area contributed by atoms with Crippen molar-refractivity contribution in [1.82, 2.24) is 9.88 Å². The van der Waals surface area contributed by atoms with Crippen LogP contribution in [0.2, 0.25) is 0 Å². The highest BCUT2D eigenvalue weighted by molar-refractivity contribution is 8.01. The number of fused-ring (bicyclic) bond motifs is 1. The molecule has 2 amide bonds. The molecule has 1 aromatic heterocycles. The molecule has 1 aromatic rings. The van der Waals surface area contributed by atoms with E-state index in [1.165, 1.54) is 7.11 Å². The van der Waals surface area contributed by atoms with Crippen molar-refractivity contribution >= 4 is 29.3 Å². The van der Waals surface area contributed by atoms with Crippen molar-refractivity contribution in [3.63, 3.8) is 0 Å². The average Bonchev–Trinajstić information content (AvgIpc) is 2.97. The summed E-state index contributed by atoms with van der Waals surface area (Å²) < 4.78 is 4.98. The average molecular weight is 307 g/mol. The van der Waals surface area contributed by atoms with Gasteiger partial charge in [-0.2, -0.15) is 0 Å². The lowest BCUT2D eigenvalue weighted by atomic mass is 10.2. The van der Waals surface area contributed by atoms with Crippen molar-refractivity contribution < 1.29 is 14.3 Å². The minimum atomic E-state index is -0.405. The van der Waals surface area contributed by atoms with Gasteiger partial charge in [0.2, 0.25) is 17.7 Å². The minimum absolute atomic E-state index is 0.0653. The van der Waals surface area contributed by atoms with Gasteiger partial charge in [0.1, 0.15) is 6.04 Å². The lowest BCUT2D eigenvalue weighted by Gasteiger charge is -2.29. The quantitative estimate of drug-likeness (QED) is 0.916. The van der Waals surface area contributed by atoms with Crippen LogP contribution in [0, 0.1) is 0 Å². The maximum atomic E-state index is 12.4.